The van der Waals surface area contributed by atoms with Crippen LogP contribution in [0.3, 0.4) is 0 Å². The molecule has 0 fully saturated rings. The molecular weight excluding hydrogens is 484 g/mol. The molecular formula is C24H24N6O3S2. The van der Waals surface area contributed by atoms with Crippen LogP contribution in [0.15, 0.2) is 54.6 Å². The summed E-state index contributed by atoms with van der Waals surface area (Å²) in [6, 6.07) is 16.1. The number of carbonyl (C=O) groups is 2. The SMILES string of the molecule is O=C(Cc1ccccc1)Nc1nnc(CCCCc2nnc(NC(=O)Cc3ccc(O)cc3)s2)s1. The molecule has 0 spiro atoms. The van der Waals surface area contributed by atoms with Gasteiger partial charge in [-0.15, -0.1) is 20.4 Å². The van der Waals surface area contributed by atoms with Gasteiger partial charge in [0.2, 0.25) is 22.1 Å². The van der Waals surface area contributed by atoms with Crippen LogP contribution in [-0.4, -0.2) is 37.3 Å². The Morgan fingerprint density at radius 1 is 0.686 bits per heavy atom. The van der Waals surface area contributed by atoms with Crippen molar-refractivity contribution < 1.29 is 14.7 Å². The van der Waals surface area contributed by atoms with Crippen molar-refractivity contribution in [2.45, 2.75) is 38.5 Å². The highest BCUT2D eigenvalue weighted by Crippen LogP contribution is 2.20. The van der Waals surface area contributed by atoms with Gasteiger partial charge in [-0.05, 0) is 36.1 Å². The molecule has 0 unspecified atom stereocenters. The maximum atomic E-state index is 12.2. The first-order valence-corrected chi connectivity index (χ1v) is 12.7. The summed E-state index contributed by atoms with van der Waals surface area (Å²) >= 11 is 2.75. The molecule has 0 atom stereocenters. The summed E-state index contributed by atoms with van der Waals surface area (Å²) < 4.78 is 0. The van der Waals surface area contributed by atoms with E-state index in [4.69, 9.17) is 0 Å². The first kappa shape index (κ1) is 24.4. The molecule has 0 saturated carbocycles. The number of hydrogen-bond acceptors (Lipinski definition) is 9. The summed E-state index contributed by atoms with van der Waals surface area (Å²) in [5.41, 5.74) is 1.76. The van der Waals surface area contributed by atoms with Gasteiger partial charge < -0.3 is 15.7 Å². The lowest BCUT2D eigenvalue weighted by Gasteiger charge is -2.01. The summed E-state index contributed by atoms with van der Waals surface area (Å²) in [6.07, 6.45) is 3.81. The highest BCUT2D eigenvalue weighted by molar-refractivity contribution is 7.15. The lowest BCUT2D eigenvalue weighted by Crippen LogP contribution is -2.14. The van der Waals surface area contributed by atoms with Gasteiger partial charge in [0.1, 0.15) is 15.8 Å². The summed E-state index contributed by atoms with van der Waals surface area (Å²) in [5.74, 6) is -0.123. The van der Waals surface area contributed by atoms with E-state index < -0.39 is 0 Å². The second-order valence-corrected chi connectivity index (χ2v) is 9.94. The fourth-order valence-electron chi connectivity index (χ4n) is 3.27. The van der Waals surface area contributed by atoms with Gasteiger partial charge in [-0.1, -0.05) is 65.1 Å². The quantitative estimate of drug-likeness (QED) is 0.261. The third-order valence-corrected chi connectivity index (χ3v) is 6.76. The van der Waals surface area contributed by atoms with Crippen molar-refractivity contribution in [1.82, 2.24) is 20.4 Å². The predicted molar refractivity (Wildman–Crippen MR) is 136 cm³/mol. The third-order valence-electron chi connectivity index (χ3n) is 4.97. The molecule has 2 aromatic heterocycles. The maximum Gasteiger partial charge on any atom is 0.230 e. The van der Waals surface area contributed by atoms with Crippen LogP contribution in [0.1, 0.15) is 34.0 Å². The number of unbranched alkanes of at least 4 members (excludes halogenated alkanes) is 1. The molecule has 11 heteroatoms. The minimum absolute atomic E-state index is 0.110. The van der Waals surface area contributed by atoms with E-state index in [1.165, 1.54) is 22.7 Å². The number of phenols is 1. The molecule has 0 aliphatic heterocycles. The topological polar surface area (TPSA) is 130 Å². The molecule has 2 amide bonds. The van der Waals surface area contributed by atoms with Crippen molar-refractivity contribution in [3.8, 4) is 5.75 Å². The first-order chi connectivity index (χ1) is 17.0. The van der Waals surface area contributed by atoms with Crippen molar-refractivity contribution in [2.24, 2.45) is 0 Å². The number of carbonyl (C=O) groups excluding carboxylic acids is 2. The second-order valence-electron chi connectivity index (χ2n) is 7.81. The third kappa shape index (κ3) is 7.94. The lowest BCUT2D eigenvalue weighted by atomic mass is 10.1. The van der Waals surface area contributed by atoms with Gasteiger partial charge in [-0.25, -0.2) is 0 Å². The Balaban J connectivity index is 1.15. The number of hydrogen-bond donors (Lipinski definition) is 3. The molecule has 0 bridgehead atoms. The van der Waals surface area contributed by atoms with E-state index >= 15 is 0 Å². The van der Waals surface area contributed by atoms with Crippen LogP contribution < -0.4 is 10.6 Å². The van der Waals surface area contributed by atoms with Crippen LogP contribution in [0.25, 0.3) is 0 Å². The number of benzene rings is 2. The van der Waals surface area contributed by atoms with Crippen LogP contribution >= 0.6 is 22.7 Å². The zero-order chi connectivity index (χ0) is 24.5. The molecule has 180 valence electrons. The van der Waals surface area contributed by atoms with Gasteiger partial charge in [0, 0.05) is 12.8 Å². The fraction of sp³-hybridized carbons (Fsp3) is 0.250. The molecule has 2 heterocycles. The summed E-state index contributed by atoms with van der Waals surface area (Å²) in [4.78, 5) is 24.3. The van der Waals surface area contributed by atoms with Crippen molar-refractivity contribution in [3.05, 3.63) is 75.7 Å². The lowest BCUT2D eigenvalue weighted by molar-refractivity contribution is -0.116. The van der Waals surface area contributed by atoms with Crippen LogP contribution in [0.2, 0.25) is 0 Å². The van der Waals surface area contributed by atoms with E-state index in [1.807, 2.05) is 30.3 Å². The summed E-state index contributed by atoms with van der Waals surface area (Å²) in [5, 5.41) is 34.0. The maximum absolute atomic E-state index is 12.2. The van der Waals surface area contributed by atoms with E-state index in [2.05, 4.69) is 31.0 Å². The number of anilines is 2. The Morgan fingerprint density at radius 3 is 1.69 bits per heavy atom. The van der Waals surface area contributed by atoms with Crippen LogP contribution in [0.5, 0.6) is 5.75 Å². The van der Waals surface area contributed by atoms with Crippen molar-refractivity contribution in [2.75, 3.05) is 10.6 Å². The number of aryl methyl sites for hydroxylation is 2. The molecule has 0 aliphatic rings. The number of amides is 2. The van der Waals surface area contributed by atoms with E-state index in [1.54, 1.807) is 24.3 Å². The number of phenolic OH excluding ortho intramolecular Hbond substituents is 1. The van der Waals surface area contributed by atoms with Crippen LogP contribution in [-0.2, 0) is 35.3 Å². The van der Waals surface area contributed by atoms with Crippen molar-refractivity contribution >= 4 is 44.8 Å². The Kier molecular flexibility index (Phi) is 8.47. The molecule has 4 rings (SSSR count). The Morgan fingerprint density at radius 2 is 1.17 bits per heavy atom. The standard InChI is InChI=1S/C24H24N6O3S2/c31-18-12-10-17(11-13-18)15-20(33)26-24-30-28-22(35-24)9-5-4-8-21-27-29-23(34-21)25-19(32)14-16-6-2-1-3-7-16/h1-3,6-7,10-13,31H,4-5,8-9,14-15H2,(H,25,29,32)(H,26,30,33). The number of nitrogens with one attached hydrogen (secondary N) is 2. The largest absolute Gasteiger partial charge is 0.508 e. The van der Waals surface area contributed by atoms with E-state index in [0.717, 1.165) is 46.8 Å². The first-order valence-electron chi connectivity index (χ1n) is 11.1. The van der Waals surface area contributed by atoms with Gasteiger partial charge in [-0.2, -0.15) is 0 Å². The van der Waals surface area contributed by atoms with Gasteiger partial charge in [-0.3, -0.25) is 9.59 Å². The van der Waals surface area contributed by atoms with Gasteiger partial charge >= 0.3 is 0 Å². The molecule has 35 heavy (non-hydrogen) atoms. The highest BCUT2D eigenvalue weighted by atomic mass is 32.1. The minimum Gasteiger partial charge on any atom is -0.508 e. The van der Waals surface area contributed by atoms with E-state index in [0.29, 0.717) is 16.7 Å². The molecule has 3 N–H and O–H groups in total. The van der Waals surface area contributed by atoms with E-state index in [-0.39, 0.29) is 24.0 Å². The molecule has 0 aliphatic carbocycles. The van der Waals surface area contributed by atoms with Crippen molar-refractivity contribution in [1.29, 1.82) is 0 Å². The Hall–Kier alpha value is -3.70. The van der Waals surface area contributed by atoms with Gasteiger partial charge in [0.25, 0.3) is 0 Å². The molecule has 2 aromatic carbocycles. The average Bonchev–Trinajstić information content (AvgIpc) is 3.48. The number of nitrogens with zero attached hydrogens (tertiary/aromatic N) is 4. The number of rotatable bonds is 11. The zero-order valence-electron chi connectivity index (χ0n) is 18.8. The second kappa shape index (κ2) is 12.1. The monoisotopic (exact) mass is 508 g/mol. The van der Waals surface area contributed by atoms with E-state index in [9.17, 15) is 14.7 Å². The highest BCUT2D eigenvalue weighted by Gasteiger charge is 2.11. The number of aromatic hydroxyl groups is 1. The van der Waals surface area contributed by atoms with Crippen LogP contribution in [0, 0.1) is 0 Å². The van der Waals surface area contributed by atoms with Crippen LogP contribution in [0.4, 0.5) is 10.3 Å². The fourth-order valence-corrected chi connectivity index (χ4v) is 4.87. The van der Waals surface area contributed by atoms with Crippen molar-refractivity contribution in [3.63, 3.8) is 0 Å². The minimum atomic E-state index is -0.179. The number of aromatic nitrogens is 4. The summed E-state index contributed by atoms with van der Waals surface area (Å²) in [7, 11) is 0. The molecule has 4 aromatic rings. The normalized spacial score (nSPS) is 10.7. The average molecular weight is 509 g/mol. The van der Waals surface area contributed by atoms with Gasteiger partial charge in [0.15, 0.2) is 0 Å². The Labute approximate surface area is 210 Å². The predicted octanol–water partition coefficient (Wildman–Crippen LogP) is 4.02. The molecule has 0 saturated heterocycles. The molecule has 9 nitrogen and oxygen atoms in total. The molecule has 0 radical (unpaired) electrons. The smallest absolute Gasteiger partial charge is 0.230 e. The summed E-state index contributed by atoms with van der Waals surface area (Å²) in [6.45, 7) is 0. The Bertz CT molecular complexity index is 1260. The zero-order valence-corrected chi connectivity index (χ0v) is 20.4. The van der Waals surface area contributed by atoms with Gasteiger partial charge in [0.05, 0.1) is 12.8 Å².